The van der Waals surface area contributed by atoms with E-state index in [2.05, 4.69) is 40.0 Å². The fourth-order valence-corrected chi connectivity index (χ4v) is 7.18. The number of nitrogens with zero attached hydrogens (tertiary/aromatic N) is 6. The van der Waals surface area contributed by atoms with Crippen molar-refractivity contribution in [1.29, 1.82) is 0 Å². The number of aromatic nitrogens is 6. The molecule has 0 radical (unpaired) electrons. The lowest BCUT2D eigenvalue weighted by atomic mass is 9.66. The predicted octanol–water partition coefficient (Wildman–Crippen LogP) is 4.80. The van der Waals surface area contributed by atoms with Crippen molar-refractivity contribution in [3.63, 3.8) is 0 Å². The van der Waals surface area contributed by atoms with Crippen molar-refractivity contribution in [3.05, 3.63) is 82.7 Å². The first-order chi connectivity index (χ1) is 18.4. The van der Waals surface area contributed by atoms with Crippen LogP contribution in [0.5, 0.6) is 0 Å². The fraction of sp³-hybridized carbons (Fsp3) is 0.379. The third kappa shape index (κ3) is 3.91. The second kappa shape index (κ2) is 8.74. The zero-order valence-electron chi connectivity index (χ0n) is 22.4. The molecule has 1 fully saturated rings. The number of hydrogen-bond acceptors (Lipinski definition) is 6. The Morgan fingerprint density at radius 2 is 1.90 bits per heavy atom. The summed E-state index contributed by atoms with van der Waals surface area (Å²) < 4.78 is 42.8. The SMILES string of the molecule is C=S(C)(=O)CCc1ncn(-c2nc([C@@]34CC[C@@H](c5cc(-c6c(F)cccc6F)nnc53)C4(C)C)ccc2C)n1. The minimum atomic E-state index is -2.14. The lowest BCUT2D eigenvalue weighted by Gasteiger charge is -2.37. The number of rotatable bonds is 6. The van der Waals surface area contributed by atoms with Gasteiger partial charge < -0.3 is 0 Å². The zero-order valence-corrected chi connectivity index (χ0v) is 23.2. The van der Waals surface area contributed by atoms with Crippen LogP contribution in [0.2, 0.25) is 0 Å². The van der Waals surface area contributed by atoms with Crippen LogP contribution in [0.1, 0.15) is 60.9 Å². The normalized spacial score (nSPS) is 22.6. The molecule has 0 spiro atoms. The van der Waals surface area contributed by atoms with E-state index < -0.39 is 26.6 Å². The molecule has 202 valence electrons. The topological polar surface area (TPSA) is 86.5 Å². The fourth-order valence-electron chi connectivity index (χ4n) is 6.57. The van der Waals surface area contributed by atoms with Crippen molar-refractivity contribution in [2.75, 3.05) is 12.0 Å². The predicted molar refractivity (Wildman–Crippen MR) is 148 cm³/mol. The second-order valence-corrected chi connectivity index (χ2v) is 14.2. The van der Waals surface area contributed by atoms with Crippen LogP contribution in [0, 0.1) is 24.0 Å². The molecule has 10 heteroatoms. The largest absolute Gasteiger partial charge is 0.268 e. The van der Waals surface area contributed by atoms with E-state index in [1.165, 1.54) is 18.2 Å². The molecule has 39 heavy (non-hydrogen) atoms. The average molecular weight is 549 g/mol. The minimum Gasteiger partial charge on any atom is -0.268 e. The maximum absolute atomic E-state index is 14.6. The summed E-state index contributed by atoms with van der Waals surface area (Å²) >= 11 is 0. The molecular formula is C29H30F2N6OS. The first-order valence-corrected chi connectivity index (χ1v) is 15.2. The molecule has 1 aromatic carbocycles. The summed E-state index contributed by atoms with van der Waals surface area (Å²) in [5.74, 6) is 4.21. The monoisotopic (exact) mass is 548 g/mol. The van der Waals surface area contributed by atoms with Gasteiger partial charge in [0.2, 0.25) is 0 Å². The molecule has 0 N–H and O–H groups in total. The molecule has 4 aromatic rings. The first-order valence-electron chi connectivity index (χ1n) is 12.9. The lowest BCUT2D eigenvalue weighted by Crippen LogP contribution is -2.38. The molecular weight excluding hydrogens is 518 g/mol. The average Bonchev–Trinajstić information content (AvgIpc) is 3.50. The Balaban J connectivity index is 1.44. The van der Waals surface area contributed by atoms with E-state index in [0.29, 0.717) is 23.8 Å². The van der Waals surface area contributed by atoms with Crippen LogP contribution >= 0.6 is 0 Å². The van der Waals surface area contributed by atoms with Crippen LogP contribution in [-0.2, 0) is 21.4 Å². The summed E-state index contributed by atoms with van der Waals surface area (Å²) in [6.07, 6.45) is 5.48. The zero-order chi connectivity index (χ0) is 27.7. The third-order valence-electron chi connectivity index (χ3n) is 8.62. The molecule has 7 nitrogen and oxygen atoms in total. The van der Waals surface area contributed by atoms with Gasteiger partial charge in [-0.2, -0.15) is 5.10 Å². The molecule has 3 atom stereocenters. The summed E-state index contributed by atoms with van der Waals surface area (Å²) in [6.45, 7) is 6.40. The van der Waals surface area contributed by atoms with E-state index in [4.69, 9.17) is 4.98 Å². The Morgan fingerprint density at radius 1 is 1.15 bits per heavy atom. The van der Waals surface area contributed by atoms with E-state index in [0.717, 1.165) is 35.4 Å². The van der Waals surface area contributed by atoms with Crippen LogP contribution in [-0.4, -0.2) is 52.0 Å². The molecule has 0 saturated heterocycles. The van der Waals surface area contributed by atoms with Crippen LogP contribution in [0.15, 0.2) is 42.7 Å². The molecule has 3 heterocycles. The van der Waals surface area contributed by atoms with Crippen molar-refractivity contribution < 1.29 is 13.0 Å². The quantitative estimate of drug-likeness (QED) is 0.322. The van der Waals surface area contributed by atoms with Gasteiger partial charge in [-0.3, -0.25) is 4.21 Å². The van der Waals surface area contributed by atoms with Gasteiger partial charge in [0.1, 0.15) is 18.0 Å². The lowest BCUT2D eigenvalue weighted by molar-refractivity contribution is 0.242. The Hall–Kier alpha value is -3.53. The molecule has 3 aromatic heterocycles. The Kier molecular flexibility index (Phi) is 5.77. The highest BCUT2D eigenvalue weighted by Crippen LogP contribution is 2.69. The molecule has 0 amide bonds. The summed E-state index contributed by atoms with van der Waals surface area (Å²) in [4.78, 5) is 9.53. The van der Waals surface area contributed by atoms with Crippen LogP contribution in [0.4, 0.5) is 8.78 Å². The van der Waals surface area contributed by atoms with Gasteiger partial charge in [-0.1, -0.05) is 26.0 Å². The molecule has 1 unspecified atom stereocenters. The van der Waals surface area contributed by atoms with Gasteiger partial charge in [0.25, 0.3) is 0 Å². The summed E-state index contributed by atoms with van der Waals surface area (Å²) in [5.41, 5.74) is 2.87. The molecule has 0 aliphatic heterocycles. The maximum atomic E-state index is 14.6. The van der Waals surface area contributed by atoms with E-state index >= 15 is 0 Å². The van der Waals surface area contributed by atoms with Gasteiger partial charge in [-0.05, 0) is 81.9 Å². The molecule has 2 bridgehead atoms. The molecule has 1 saturated carbocycles. The maximum Gasteiger partial charge on any atom is 0.158 e. The van der Waals surface area contributed by atoms with Crippen molar-refractivity contribution in [1.82, 2.24) is 29.9 Å². The van der Waals surface area contributed by atoms with Crippen molar-refractivity contribution in [3.8, 4) is 17.1 Å². The van der Waals surface area contributed by atoms with E-state index in [1.54, 1.807) is 17.3 Å². The molecule has 6 rings (SSSR count). The molecule has 2 aliphatic carbocycles. The summed E-state index contributed by atoms with van der Waals surface area (Å²) in [6, 6.07) is 9.69. The number of pyridine rings is 1. The second-order valence-electron chi connectivity index (χ2n) is 11.4. The third-order valence-corrected chi connectivity index (χ3v) is 9.69. The molecule has 2 aliphatic rings. The minimum absolute atomic E-state index is 0.146. The van der Waals surface area contributed by atoms with Gasteiger partial charge in [0.05, 0.1) is 28.1 Å². The Bertz CT molecular complexity index is 1710. The van der Waals surface area contributed by atoms with Gasteiger partial charge in [0.15, 0.2) is 11.6 Å². The van der Waals surface area contributed by atoms with Crippen LogP contribution in [0.25, 0.3) is 17.1 Å². The van der Waals surface area contributed by atoms with E-state index in [1.807, 2.05) is 25.1 Å². The number of aryl methyl sites for hydroxylation is 2. The first kappa shape index (κ1) is 25.7. The number of fused-ring (bicyclic) bond motifs is 5. The van der Waals surface area contributed by atoms with Crippen LogP contribution in [0.3, 0.4) is 0 Å². The highest BCUT2D eigenvalue weighted by Gasteiger charge is 2.65. The highest BCUT2D eigenvalue weighted by atomic mass is 32.2. The number of halogens is 2. The summed E-state index contributed by atoms with van der Waals surface area (Å²) in [5, 5.41) is 13.6. The van der Waals surface area contributed by atoms with Crippen molar-refractivity contribution in [2.24, 2.45) is 5.41 Å². The summed E-state index contributed by atoms with van der Waals surface area (Å²) in [7, 11) is -2.14. The van der Waals surface area contributed by atoms with E-state index in [9.17, 15) is 13.0 Å². The number of benzene rings is 1. The smallest absolute Gasteiger partial charge is 0.158 e. The van der Waals surface area contributed by atoms with Crippen molar-refractivity contribution >= 4 is 15.4 Å². The highest BCUT2D eigenvalue weighted by molar-refractivity contribution is 7.99. The van der Waals surface area contributed by atoms with Crippen LogP contribution < -0.4 is 0 Å². The van der Waals surface area contributed by atoms with Gasteiger partial charge >= 0.3 is 0 Å². The Labute approximate surface area is 226 Å². The van der Waals surface area contributed by atoms with Crippen molar-refractivity contribution in [2.45, 2.75) is 51.4 Å². The van der Waals surface area contributed by atoms with Gasteiger partial charge in [0, 0.05) is 18.4 Å². The van der Waals surface area contributed by atoms with Gasteiger partial charge in [-0.25, -0.2) is 23.4 Å². The standard InChI is InChI=1S/C29H30F2N6OS/c1-17-9-10-23(33-27(17)37-16-32-24(36-37)12-14-39(4,5)38)29-13-11-19(28(29,2)3)18-15-22(34-35-26(18)29)25-20(30)7-6-8-21(25)31/h6-10,15-16,19H,4,11-14H2,1-3,5H3/t19-,29-,39?/m0/s1. The Morgan fingerprint density at radius 3 is 2.62 bits per heavy atom. The van der Waals surface area contributed by atoms with E-state index in [-0.39, 0.29) is 22.6 Å². The number of hydrogen-bond donors (Lipinski definition) is 0. The van der Waals surface area contributed by atoms with Gasteiger partial charge in [-0.15, -0.1) is 10.2 Å².